The van der Waals surface area contributed by atoms with E-state index >= 15 is 0 Å². The van der Waals surface area contributed by atoms with Crippen LogP contribution in [-0.2, 0) is 9.59 Å². The van der Waals surface area contributed by atoms with E-state index in [0.29, 0.717) is 50.3 Å². The first kappa shape index (κ1) is 19.5. The Balaban J connectivity index is 1.20. The minimum absolute atomic E-state index is 0.0121. The largest absolute Gasteiger partial charge is 0.342 e. The van der Waals surface area contributed by atoms with Crippen molar-refractivity contribution in [1.29, 1.82) is 0 Å². The summed E-state index contributed by atoms with van der Waals surface area (Å²) in [5.41, 5.74) is 0.504. The van der Waals surface area contributed by atoms with Gasteiger partial charge in [0.15, 0.2) is 0 Å². The molecule has 7 nitrogen and oxygen atoms in total. The Morgan fingerprint density at radius 2 is 1.77 bits per heavy atom. The number of carbonyl (C=O) groups excluding carboxylic acids is 3. The molecule has 5 rings (SSSR count). The van der Waals surface area contributed by atoms with E-state index in [9.17, 15) is 14.4 Å². The van der Waals surface area contributed by atoms with E-state index in [1.165, 1.54) is 0 Å². The SMILES string of the molecule is CC(=O)N1CCCC(C(=O)N2C[C@H]3CN(C(=O)c4cc5sccc5cn4)C[C@H]3C2)C1. The van der Waals surface area contributed by atoms with E-state index < -0.39 is 0 Å². The Labute approximate surface area is 179 Å². The van der Waals surface area contributed by atoms with E-state index in [2.05, 4.69) is 4.98 Å². The van der Waals surface area contributed by atoms with Crippen LogP contribution in [0.4, 0.5) is 0 Å². The molecule has 3 atom stereocenters. The lowest BCUT2D eigenvalue weighted by Gasteiger charge is -2.33. The number of amides is 3. The molecule has 0 saturated carbocycles. The van der Waals surface area contributed by atoms with Gasteiger partial charge in [-0.15, -0.1) is 11.3 Å². The highest BCUT2D eigenvalue weighted by atomic mass is 32.1. The van der Waals surface area contributed by atoms with Crippen LogP contribution in [0.2, 0.25) is 0 Å². The Hall–Kier alpha value is -2.48. The van der Waals surface area contributed by atoms with Gasteiger partial charge in [0.1, 0.15) is 5.69 Å². The van der Waals surface area contributed by atoms with Gasteiger partial charge in [0.05, 0.1) is 5.92 Å². The number of carbonyl (C=O) groups is 3. The van der Waals surface area contributed by atoms with Crippen LogP contribution < -0.4 is 0 Å². The predicted octanol–water partition coefficient (Wildman–Crippen LogP) is 2.09. The molecular formula is C22H26N4O3S. The van der Waals surface area contributed by atoms with Gasteiger partial charge in [-0.25, -0.2) is 0 Å². The maximum absolute atomic E-state index is 13.0. The first-order valence-electron chi connectivity index (χ1n) is 10.7. The number of fused-ring (bicyclic) bond motifs is 2. The van der Waals surface area contributed by atoms with Crippen molar-refractivity contribution in [3.63, 3.8) is 0 Å². The molecule has 8 heteroatoms. The standard InChI is InChI=1S/C22H26N4O3S/c1-14(27)24-5-2-3-16(9-24)21(28)25-10-17-12-26(13-18(17)11-25)22(29)19-7-20-15(8-23-19)4-6-30-20/h4,6-8,16-18H,2-3,5,9-13H2,1H3/t16?,17-,18+. The number of likely N-dealkylation sites (tertiary alicyclic amines) is 3. The fourth-order valence-electron chi connectivity index (χ4n) is 5.20. The first-order valence-corrected chi connectivity index (χ1v) is 11.5. The molecule has 3 aliphatic rings. The van der Waals surface area contributed by atoms with Crippen LogP contribution in [0, 0.1) is 17.8 Å². The molecule has 0 aliphatic carbocycles. The molecular weight excluding hydrogens is 400 g/mol. The summed E-state index contributed by atoms with van der Waals surface area (Å²) >= 11 is 1.62. The van der Waals surface area contributed by atoms with Crippen molar-refractivity contribution in [3.05, 3.63) is 29.4 Å². The number of thiophene rings is 1. The third-order valence-electron chi connectivity index (χ3n) is 6.86. The van der Waals surface area contributed by atoms with Gasteiger partial charge in [0, 0.05) is 74.3 Å². The first-order chi connectivity index (χ1) is 14.5. The van der Waals surface area contributed by atoms with Crippen molar-refractivity contribution >= 4 is 39.1 Å². The molecule has 2 aromatic heterocycles. The highest BCUT2D eigenvalue weighted by molar-refractivity contribution is 7.17. The third-order valence-corrected chi connectivity index (χ3v) is 7.74. The van der Waals surface area contributed by atoms with Crippen molar-refractivity contribution in [1.82, 2.24) is 19.7 Å². The van der Waals surface area contributed by atoms with E-state index in [1.54, 1.807) is 29.4 Å². The number of piperidine rings is 1. The summed E-state index contributed by atoms with van der Waals surface area (Å²) in [6, 6.07) is 3.89. The molecule has 3 saturated heterocycles. The van der Waals surface area contributed by atoms with Crippen molar-refractivity contribution in [2.24, 2.45) is 17.8 Å². The second-order valence-corrected chi connectivity index (χ2v) is 9.75. The zero-order valence-electron chi connectivity index (χ0n) is 17.1. The quantitative estimate of drug-likeness (QED) is 0.737. The summed E-state index contributed by atoms with van der Waals surface area (Å²) in [6.07, 6.45) is 3.52. The van der Waals surface area contributed by atoms with Crippen molar-refractivity contribution in [2.45, 2.75) is 19.8 Å². The van der Waals surface area contributed by atoms with Crippen LogP contribution in [0.15, 0.2) is 23.7 Å². The van der Waals surface area contributed by atoms with Crippen molar-refractivity contribution in [3.8, 4) is 0 Å². The Kier molecular flexibility index (Phi) is 4.97. The molecule has 0 aromatic carbocycles. The average Bonchev–Trinajstić information content (AvgIpc) is 3.46. The second-order valence-electron chi connectivity index (χ2n) is 8.81. The number of rotatable bonds is 2. The summed E-state index contributed by atoms with van der Waals surface area (Å²) < 4.78 is 1.08. The minimum Gasteiger partial charge on any atom is -0.342 e. The number of hydrogen-bond donors (Lipinski definition) is 0. The molecule has 3 amide bonds. The topological polar surface area (TPSA) is 73.8 Å². The molecule has 0 N–H and O–H groups in total. The van der Waals surface area contributed by atoms with E-state index in [1.807, 2.05) is 27.3 Å². The normalized spacial score (nSPS) is 26.3. The highest BCUT2D eigenvalue weighted by Crippen LogP contribution is 2.33. The summed E-state index contributed by atoms with van der Waals surface area (Å²) in [7, 11) is 0. The van der Waals surface area contributed by atoms with Gasteiger partial charge in [-0.2, -0.15) is 0 Å². The summed E-state index contributed by atoms with van der Waals surface area (Å²) in [6.45, 7) is 5.66. The number of nitrogens with zero attached hydrogens (tertiary/aromatic N) is 4. The molecule has 158 valence electrons. The lowest BCUT2D eigenvalue weighted by atomic mass is 9.96. The van der Waals surface area contributed by atoms with Crippen LogP contribution >= 0.6 is 11.3 Å². The number of pyridine rings is 1. The van der Waals surface area contributed by atoms with Gasteiger partial charge >= 0.3 is 0 Å². The average molecular weight is 427 g/mol. The van der Waals surface area contributed by atoms with Crippen LogP contribution in [0.5, 0.6) is 0 Å². The molecule has 5 heterocycles. The molecule has 3 aliphatic heterocycles. The fourth-order valence-corrected chi connectivity index (χ4v) is 5.99. The van der Waals surface area contributed by atoms with Crippen molar-refractivity contribution in [2.75, 3.05) is 39.3 Å². The Morgan fingerprint density at radius 1 is 1.03 bits per heavy atom. The lowest BCUT2D eigenvalue weighted by Crippen LogP contribution is -2.46. The smallest absolute Gasteiger partial charge is 0.272 e. The van der Waals surface area contributed by atoms with Crippen molar-refractivity contribution < 1.29 is 14.4 Å². The minimum atomic E-state index is -0.0825. The van der Waals surface area contributed by atoms with Gasteiger partial charge in [0.25, 0.3) is 5.91 Å². The summed E-state index contributed by atoms with van der Waals surface area (Å²) in [5, 5.41) is 3.07. The summed E-state index contributed by atoms with van der Waals surface area (Å²) in [4.78, 5) is 47.7. The monoisotopic (exact) mass is 426 g/mol. The van der Waals surface area contributed by atoms with Crippen LogP contribution in [0.25, 0.3) is 10.1 Å². The second kappa shape index (κ2) is 7.65. The predicted molar refractivity (Wildman–Crippen MR) is 114 cm³/mol. The number of aromatic nitrogens is 1. The van der Waals surface area contributed by atoms with E-state index in [4.69, 9.17) is 0 Å². The molecule has 30 heavy (non-hydrogen) atoms. The molecule has 0 radical (unpaired) electrons. The molecule has 0 bridgehead atoms. The van der Waals surface area contributed by atoms with Crippen LogP contribution in [0.3, 0.4) is 0 Å². The fraction of sp³-hybridized carbons (Fsp3) is 0.545. The molecule has 3 fully saturated rings. The Bertz CT molecular complexity index is 991. The van der Waals surface area contributed by atoms with Gasteiger partial charge in [-0.1, -0.05) is 0 Å². The number of hydrogen-bond acceptors (Lipinski definition) is 5. The molecule has 2 aromatic rings. The van der Waals surface area contributed by atoms with E-state index in [0.717, 1.165) is 29.5 Å². The zero-order valence-corrected chi connectivity index (χ0v) is 17.9. The maximum Gasteiger partial charge on any atom is 0.272 e. The van der Waals surface area contributed by atoms with E-state index in [-0.39, 0.29) is 23.6 Å². The molecule has 0 spiro atoms. The highest BCUT2D eigenvalue weighted by Gasteiger charge is 2.44. The summed E-state index contributed by atoms with van der Waals surface area (Å²) in [5.74, 6) is 0.793. The van der Waals surface area contributed by atoms with Crippen LogP contribution in [-0.4, -0.2) is 76.7 Å². The van der Waals surface area contributed by atoms with Gasteiger partial charge in [-0.3, -0.25) is 19.4 Å². The Morgan fingerprint density at radius 3 is 2.50 bits per heavy atom. The van der Waals surface area contributed by atoms with Gasteiger partial charge < -0.3 is 14.7 Å². The lowest BCUT2D eigenvalue weighted by molar-refractivity contribution is -0.139. The van der Waals surface area contributed by atoms with Gasteiger partial charge in [-0.05, 0) is 30.4 Å². The maximum atomic E-state index is 13.0. The zero-order chi connectivity index (χ0) is 20.8. The molecule has 1 unspecified atom stereocenters. The van der Waals surface area contributed by atoms with Crippen LogP contribution in [0.1, 0.15) is 30.3 Å². The third kappa shape index (κ3) is 3.47. The van der Waals surface area contributed by atoms with Gasteiger partial charge in [0.2, 0.25) is 11.8 Å².